The Morgan fingerprint density at radius 1 is 0.740 bits per heavy atom. The summed E-state index contributed by atoms with van der Waals surface area (Å²) in [6.45, 7) is 21.4. The highest BCUT2D eigenvalue weighted by molar-refractivity contribution is 8.00. The largest absolute Gasteiger partial charge is 0.413 e. The van der Waals surface area contributed by atoms with E-state index < -0.39 is 19.1 Å². The Hall–Kier alpha value is -2.67. The van der Waals surface area contributed by atoms with Gasteiger partial charge in [-0.15, -0.1) is 11.8 Å². The molecular weight excluding hydrogens is 651 g/mol. The first-order chi connectivity index (χ1) is 23.5. The van der Waals surface area contributed by atoms with Crippen molar-refractivity contribution in [1.82, 2.24) is 5.32 Å². The second kappa shape index (κ2) is 18.7. The van der Waals surface area contributed by atoms with Gasteiger partial charge in [0.2, 0.25) is 5.91 Å². The highest BCUT2D eigenvalue weighted by Gasteiger charge is 2.43. The van der Waals surface area contributed by atoms with Crippen LogP contribution >= 0.6 is 11.8 Å². The van der Waals surface area contributed by atoms with Crippen molar-refractivity contribution < 1.29 is 14.0 Å². The van der Waals surface area contributed by atoms with E-state index in [1.165, 1.54) is 36.0 Å². The van der Waals surface area contributed by atoms with Crippen LogP contribution in [0.15, 0.2) is 91.0 Å². The number of amides is 1. The minimum absolute atomic E-state index is 0.00413. The molecule has 3 aromatic carbocycles. The van der Waals surface area contributed by atoms with Gasteiger partial charge in [-0.3, -0.25) is 9.59 Å². The maximum Gasteiger partial charge on any atom is 0.223 e. The highest BCUT2D eigenvalue weighted by atomic mass is 32.2. The van der Waals surface area contributed by atoms with Crippen LogP contribution in [0, 0.1) is 11.3 Å². The minimum atomic E-state index is -2.23. The molecule has 0 aliphatic heterocycles. The second-order valence-corrected chi connectivity index (χ2v) is 22.6. The van der Waals surface area contributed by atoms with E-state index in [0.717, 1.165) is 19.3 Å². The number of hydrogen-bond acceptors (Lipinski definition) is 4. The fraction of sp³-hybridized carbons (Fsp3) is 0.545. The Labute approximate surface area is 310 Å². The molecule has 0 aromatic heterocycles. The lowest BCUT2D eigenvalue weighted by Gasteiger charge is -2.42. The van der Waals surface area contributed by atoms with Crippen molar-refractivity contribution in [3.8, 4) is 0 Å². The van der Waals surface area contributed by atoms with Crippen molar-refractivity contribution in [3.05, 3.63) is 108 Å². The molecule has 0 saturated heterocycles. The van der Waals surface area contributed by atoms with Crippen LogP contribution in [-0.2, 0) is 18.8 Å². The molecule has 0 radical (unpaired) electrons. The third-order valence-corrected chi connectivity index (χ3v) is 16.6. The fourth-order valence-electron chi connectivity index (χ4n) is 6.59. The lowest BCUT2D eigenvalue weighted by molar-refractivity contribution is -0.132. The van der Waals surface area contributed by atoms with E-state index in [1.54, 1.807) is 6.92 Å². The molecule has 0 bridgehead atoms. The molecule has 1 amide bonds. The number of hydrogen-bond donors (Lipinski definition) is 1. The summed E-state index contributed by atoms with van der Waals surface area (Å²) in [5, 5.41) is 3.23. The molecule has 0 aliphatic rings. The van der Waals surface area contributed by atoms with Gasteiger partial charge < -0.3 is 9.74 Å². The Bertz CT molecular complexity index is 1350. The zero-order chi connectivity index (χ0) is 37.0. The molecule has 3 rings (SSSR count). The summed E-state index contributed by atoms with van der Waals surface area (Å²) in [6, 6.07) is 31.8. The predicted octanol–water partition coefficient (Wildman–Crippen LogP) is 11.6. The summed E-state index contributed by atoms with van der Waals surface area (Å²) in [5.74, 6) is 0.427. The van der Waals surface area contributed by atoms with Gasteiger partial charge in [0.05, 0.1) is 16.9 Å². The van der Waals surface area contributed by atoms with Crippen molar-refractivity contribution in [3.63, 3.8) is 0 Å². The third kappa shape index (κ3) is 11.4. The van der Waals surface area contributed by atoms with Gasteiger partial charge in [0, 0.05) is 11.7 Å². The number of ketones is 1. The molecule has 0 unspecified atom stereocenters. The molecule has 6 heteroatoms. The number of unbranched alkanes of at least 4 members (excludes halogenated alkanes) is 4. The first-order valence-corrected chi connectivity index (χ1v) is 22.7. The lowest BCUT2D eigenvalue weighted by Crippen LogP contribution is -2.51. The molecule has 1 N–H and O–H groups in total. The van der Waals surface area contributed by atoms with E-state index in [9.17, 15) is 9.59 Å². The fourth-order valence-corrected chi connectivity index (χ4v) is 9.62. The second-order valence-electron chi connectivity index (χ2n) is 16.6. The number of Topliss-reactive ketones (excluding diaryl/α,β-unsaturated/α-hetero) is 1. The molecule has 3 atom stereocenters. The van der Waals surface area contributed by atoms with Crippen molar-refractivity contribution in [2.24, 2.45) is 11.3 Å². The van der Waals surface area contributed by atoms with Gasteiger partial charge >= 0.3 is 0 Å². The molecule has 0 aliphatic carbocycles. The van der Waals surface area contributed by atoms with Gasteiger partial charge in [-0.2, -0.15) is 0 Å². The average molecular weight is 716 g/mol. The number of nitrogens with one attached hydrogen (secondary N) is 1. The van der Waals surface area contributed by atoms with Gasteiger partial charge in [-0.05, 0) is 60.0 Å². The number of carbonyl (C=O) groups is 2. The molecule has 50 heavy (non-hydrogen) atoms. The maximum atomic E-state index is 14.3. The molecule has 3 aromatic rings. The Balaban J connectivity index is 2.09. The first kappa shape index (κ1) is 41.7. The van der Waals surface area contributed by atoms with Crippen molar-refractivity contribution in [2.45, 2.75) is 135 Å². The van der Waals surface area contributed by atoms with Crippen LogP contribution in [0.25, 0.3) is 0 Å². The monoisotopic (exact) mass is 715 g/mol. The molecular formula is C44H65NO3SSi. The number of rotatable bonds is 19. The highest BCUT2D eigenvalue weighted by Crippen LogP contribution is 2.49. The van der Waals surface area contributed by atoms with Crippen molar-refractivity contribution in [1.29, 1.82) is 0 Å². The van der Waals surface area contributed by atoms with Gasteiger partial charge in [0.25, 0.3) is 0 Å². The zero-order valence-corrected chi connectivity index (χ0v) is 34.5. The van der Waals surface area contributed by atoms with Crippen LogP contribution in [0.4, 0.5) is 0 Å². The van der Waals surface area contributed by atoms with Crippen molar-refractivity contribution in [2.75, 3.05) is 5.75 Å². The summed E-state index contributed by atoms with van der Waals surface area (Å²) in [6.07, 6.45) is 6.90. The van der Waals surface area contributed by atoms with Gasteiger partial charge in [-0.25, -0.2) is 0 Å². The number of carbonyl (C=O) groups excluding carboxylic acids is 2. The number of benzene rings is 3. The summed E-state index contributed by atoms with van der Waals surface area (Å²) < 4.78 is 6.84. The smallest absolute Gasteiger partial charge is 0.223 e. The van der Waals surface area contributed by atoms with E-state index in [0.29, 0.717) is 12.2 Å². The van der Waals surface area contributed by atoms with Crippen LogP contribution in [0.1, 0.15) is 117 Å². The van der Waals surface area contributed by atoms with Crippen LogP contribution in [0.3, 0.4) is 0 Å². The Kier molecular flexibility index (Phi) is 15.6. The van der Waals surface area contributed by atoms with E-state index in [-0.39, 0.29) is 34.2 Å². The summed E-state index contributed by atoms with van der Waals surface area (Å²) in [4.78, 5) is 27.1. The third-order valence-electron chi connectivity index (χ3n) is 10.4. The predicted molar refractivity (Wildman–Crippen MR) is 217 cm³/mol. The SMILES string of the molecule is CCCCCCC[C@H](C[C@H](CSC(c1ccccc1)(c1ccccc1)c1ccccc1)O[Si](C)(C)C(C)(C)C)C(=O)N[C@H](C(C)=O)C(C)(C)C. The Morgan fingerprint density at radius 2 is 1.20 bits per heavy atom. The quantitative estimate of drug-likeness (QED) is 0.0763. The summed E-state index contributed by atoms with van der Waals surface area (Å²) in [7, 11) is -2.23. The molecule has 0 saturated carbocycles. The zero-order valence-electron chi connectivity index (χ0n) is 32.7. The first-order valence-electron chi connectivity index (χ1n) is 18.8. The van der Waals surface area contributed by atoms with Gasteiger partial charge in [0.1, 0.15) is 0 Å². The number of thioether (sulfide) groups is 1. The van der Waals surface area contributed by atoms with Crippen LogP contribution < -0.4 is 5.32 Å². The summed E-state index contributed by atoms with van der Waals surface area (Å²) in [5.41, 5.74) is 3.27. The van der Waals surface area contributed by atoms with E-state index in [2.05, 4.69) is 137 Å². The van der Waals surface area contributed by atoms with Gasteiger partial charge in [0.15, 0.2) is 14.1 Å². The maximum absolute atomic E-state index is 14.3. The molecule has 274 valence electrons. The topological polar surface area (TPSA) is 55.4 Å². The molecule has 0 fully saturated rings. The minimum Gasteiger partial charge on any atom is -0.413 e. The van der Waals surface area contributed by atoms with E-state index in [4.69, 9.17) is 4.43 Å². The molecule has 4 nitrogen and oxygen atoms in total. The normalized spacial score (nSPS) is 14.5. The van der Waals surface area contributed by atoms with Crippen molar-refractivity contribution >= 4 is 31.8 Å². The molecule has 0 heterocycles. The lowest BCUT2D eigenvalue weighted by atomic mass is 9.83. The van der Waals surface area contributed by atoms with Crippen LogP contribution in [-0.4, -0.2) is 37.9 Å². The molecule has 0 spiro atoms. The van der Waals surface area contributed by atoms with Crippen LogP contribution in [0.5, 0.6) is 0 Å². The standard InChI is InChI=1S/C44H65NO3SSi/c1-11-12-13-14-18-25-35(41(47)45-40(34(2)46)42(3,4)5)32-39(48-50(9,10)43(6,7)8)33-49-44(36-26-19-15-20-27-36,37-28-21-16-22-29-37)38-30-23-17-24-31-38/h15-17,19-24,26-31,35,39-40H,11-14,18,25,32-33H2,1-10H3,(H,45,47)/t35-,39-,40-/m1/s1. The average Bonchev–Trinajstić information content (AvgIpc) is 3.06. The Morgan fingerprint density at radius 3 is 1.60 bits per heavy atom. The van der Waals surface area contributed by atoms with E-state index in [1.807, 2.05) is 32.5 Å². The summed E-state index contributed by atoms with van der Waals surface area (Å²) >= 11 is 1.91. The van der Waals surface area contributed by atoms with Crippen LogP contribution in [0.2, 0.25) is 18.1 Å². The van der Waals surface area contributed by atoms with E-state index >= 15 is 0 Å². The van der Waals surface area contributed by atoms with Gasteiger partial charge in [-0.1, -0.05) is 172 Å².